The Kier molecular flexibility index (Phi) is 5.03. The fourth-order valence-electron chi connectivity index (χ4n) is 8.56. The van der Waals surface area contributed by atoms with Crippen molar-refractivity contribution in [2.24, 2.45) is 0 Å². The summed E-state index contributed by atoms with van der Waals surface area (Å²) in [5.74, 6) is -0.886. The third-order valence-corrected chi connectivity index (χ3v) is 10.1. The minimum Gasteiger partial charge on any atom is -0.507 e. The van der Waals surface area contributed by atoms with E-state index in [9.17, 15) is 19.5 Å². The van der Waals surface area contributed by atoms with E-state index in [1.807, 2.05) is 20.8 Å². The Hall–Kier alpha value is -4.39. The van der Waals surface area contributed by atoms with Gasteiger partial charge >= 0.3 is 0 Å². The minimum absolute atomic E-state index is 0.0613. The Morgan fingerprint density at radius 2 is 1.45 bits per heavy atom. The Morgan fingerprint density at radius 3 is 2.10 bits per heavy atom. The first-order chi connectivity index (χ1) is 20.1. The number of ketones is 1. The molecule has 1 fully saturated rings. The first kappa shape index (κ1) is 25.3. The number of carbonyl (C=O) groups excluding carboxylic acids is 1. The average molecular weight is 561 g/mol. The monoisotopic (exact) mass is 560 g/mol. The van der Waals surface area contributed by atoms with Crippen LogP contribution in [0, 0.1) is 13.8 Å². The molecule has 7 nitrogen and oxygen atoms in total. The van der Waals surface area contributed by atoms with E-state index in [4.69, 9.17) is 4.74 Å². The van der Waals surface area contributed by atoms with Crippen LogP contribution in [0.5, 0.6) is 11.5 Å². The third-order valence-electron chi connectivity index (χ3n) is 10.1. The molecule has 0 radical (unpaired) electrons. The number of Topliss-reactive ketones (excluding diaryl/α,β-unsaturated/α-hetero) is 1. The van der Waals surface area contributed by atoms with Gasteiger partial charge in [-0.05, 0) is 80.0 Å². The number of phenols is 1. The van der Waals surface area contributed by atoms with Crippen molar-refractivity contribution in [2.45, 2.75) is 71.4 Å². The summed E-state index contributed by atoms with van der Waals surface area (Å²) in [5, 5.41) is 24.4. The van der Waals surface area contributed by atoms with Crippen LogP contribution >= 0.6 is 0 Å². The van der Waals surface area contributed by atoms with Crippen molar-refractivity contribution >= 4 is 66.3 Å². The molecule has 3 atom stereocenters. The number of hydrogen-bond donors (Lipinski definition) is 3. The largest absolute Gasteiger partial charge is 0.507 e. The van der Waals surface area contributed by atoms with Gasteiger partial charge in [-0.2, -0.15) is 0 Å². The Balaban J connectivity index is 1.77. The molecular weight excluding hydrogens is 528 g/mol. The molecule has 1 saturated carbocycles. The second-order valence-electron chi connectivity index (χ2n) is 12.6. The molecule has 212 valence electrons. The molecule has 2 aliphatic carbocycles. The molecule has 0 saturated heterocycles. The van der Waals surface area contributed by atoms with E-state index in [0.29, 0.717) is 21.7 Å². The first-order valence-corrected chi connectivity index (χ1v) is 14.8. The van der Waals surface area contributed by atoms with Gasteiger partial charge in [-0.25, -0.2) is 0 Å². The highest BCUT2D eigenvalue weighted by molar-refractivity contribution is 6.39. The van der Waals surface area contributed by atoms with Crippen LogP contribution in [0.3, 0.4) is 0 Å². The zero-order valence-corrected chi connectivity index (χ0v) is 24.4. The number of aryl methyl sites for hydroxylation is 2. The number of aromatic hydroxyl groups is 1. The van der Waals surface area contributed by atoms with Gasteiger partial charge in [-0.1, -0.05) is 24.5 Å². The molecule has 0 bridgehead atoms. The second kappa shape index (κ2) is 8.34. The van der Waals surface area contributed by atoms with Crippen molar-refractivity contribution in [3.63, 3.8) is 0 Å². The maximum Gasteiger partial charge on any atom is 0.232 e. The number of nitrogens with one attached hydrogen (secondary N) is 2. The van der Waals surface area contributed by atoms with Crippen LogP contribution < -0.4 is 26.2 Å². The van der Waals surface area contributed by atoms with E-state index >= 15 is 0 Å². The van der Waals surface area contributed by atoms with Crippen LogP contribution in [0.25, 0.3) is 49.2 Å². The summed E-state index contributed by atoms with van der Waals surface area (Å²) in [6.07, 6.45) is 6.39. The van der Waals surface area contributed by atoms with Crippen LogP contribution in [0.15, 0.2) is 27.3 Å². The highest BCUT2D eigenvalue weighted by atomic mass is 16.5. The zero-order chi connectivity index (χ0) is 29.4. The summed E-state index contributed by atoms with van der Waals surface area (Å²) in [4.78, 5) is 41.6. The summed E-state index contributed by atoms with van der Waals surface area (Å²) in [7, 11) is 1.44. The van der Waals surface area contributed by atoms with Crippen molar-refractivity contribution in [2.75, 3.05) is 17.7 Å². The lowest BCUT2D eigenvalue weighted by atomic mass is 9.79. The number of ether oxygens (including phenoxy) is 1. The smallest absolute Gasteiger partial charge is 0.232 e. The Bertz CT molecular complexity index is 2220. The van der Waals surface area contributed by atoms with Crippen molar-refractivity contribution in [1.29, 1.82) is 0 Å². The van der Waals surface area contributed by atoms with Gasteiger partial charge in [0.05, 0.1) is 35.2 Å². The number of rotatable bonds is 2. The summed E-state index contributed by atoms with van der Waals surface area (Å²) < 4.78 is 5.80. The molecular formula is C35H32N2O5. The molecule has 0 amide bonds. The van der Waals surface area contributed by atoms with E-state index in [2.05, 4.69) is 16.7 Å². The molecule has 1 heterocycles. The minimum atomic E-state index is -0.724. The zero-order valence-electron chi connectivity index (χ0n) is 24.4. The standard InChI is InChI=1S/C35H32N2O5/c1-13-10-17-25-28-23(14(2)11-20(39)26(28)33-32(17)36-18-8-6-7-9-19(18)37-33)24-15(3)12-21(40)27-29(24)30(25)31(22(13)16(4)38)35(42-5)34(27)41/h10-12,18-19,22,36-37,40H,6-9H2,1-5H3/t18?,19?,22-/m1/s1. The third kappa shape index (κ3) is 2.93. The molecule has 3 aliphatic rings. The van der Waals surface area contributed by atoms with Crippen molar-refractivity contribution in [1.82, 2.24) is 0 Å². The number of fused-ring (bicyclic) bond motifs is 5. The number of benzene rings is 5. The maximum absolute atomic E-state index is 14.1. The second-order valence-corrected chi connectivity index (χ2v) is 12.6. The van der Waals surface area contributed by atoms with Gasteiger partial charge in [-0.3, -0.25) is 14.4 Å². The van der Waals surface area contributed by atoms with Crippen molar-refractivity contribution in [3.8, 4) is 11.5 Å². The molecule has 0 spiro atoms. The average Bonchev–Trinajstić information content (AvgIpc) is 3.07. The molecule has 42 heavy (non-hydrogen) atoms. The number of phenolic OH excluding ortho intramolecular Hbond substituents is 1. The lowest BCUT2D eigenvalue weighted by Gasteiger charge is -2.41. The van der Waals surface area contributed by atoms with E-state index in [1.54, 1.807) is 19.1 Å². The highest BCUT2D eigenvalue weighted by Gasteiger charge is 2.39. The number of carbonyl (C=O) groups is 1. The van der Waals surface area contributed by atoms with Gasteiger partial charge in [0.2, 0.25) is 5.43 Å². The van der Waals surface area contributed by atoms with Crippen LogP contribution in [0.1, 0.15) is 67.7 Å². The van der Waals surface area contributed by atoms with Gasteiger partial charge in [-0.15, -0.1) is 0 Å². The Morgan fingerprint density at radius 1 is 0.833 bits per heavy atom. The number of methoxy groups -OCH3 is 1. The summed E-state index contributed by atoms with van der Waals surface area (Å²) in [5.41, 5.74) is 5.00. The van der Waals surface area contributed by atoms with Crippen LogP contribution in [-0.2, 0) is 4.79 Å². The fraction of sp³-hybridized carbons (Fsp3) is 0.343. The van der Waals surface area contributed by atoms with Gasteiger partial charge in [0.25, 0.3) is 0 Å². The molecule has 7 heteroatoms. The normalized spacial score (nSPS) is 21.3. The molecule has 2 unspecified atom stereocenters. The summed E-state index contributed by atoms with van der Waals surface area (Å²) >= 11 is 0. The van der Waals surface area contributed by atoms with Crippen LogP contribution in [0.2, 0.25) is 0 Å². The lowest BCUT2D eigenvalue weighted by molar-refractivity contribution is -0.117. The van der Waals surface area contributed by atoms with Gasteiger partial charge < -0.3 is 20.5 Å². The van der Waals surface area contributed by atoms with Gasteiger partial charge in [0.15, 0.2) is 11.2 Å². The molecule has 5 aromatic rings. The molecule has 5 aromatic carbocycles. The molecule has 0 aromatic heterocycles. The SMILES string of the molecule is COc1c2c3c4c(c5c(c6c(=O)cc(C)c(c7c(C)cc(O)c(c1=O)c73)c64)NC1CCCCC1N5)C=C(C)[C@@H]2C(C)=O. The van der Waals surface area contributed by atoms with Crippen molar-refractivity contribution < 1.29 is 14.6 Å². The topological polar surface area (TPSA) is 105 Å². The number of allylic oxidation sites excluding steroid dienone is 1. The van der Waals surface area contributed by atoms with Crippen LogP contribution in [-0.4, -0.2) is 30.1 Å². The van der Waals surface area contributed by atoms with E-state index in [-0.39, 0.29) is 40.2 Å². The van der Waals surface area contributed by atoms with Gasteiger partial charge in [0.1, 0.15) is 11.5 Å². The van der Waals surface area contributed by atoms with Crippen LogP contribution in [0.4, 0.5) is 11.4 Å². The molecule has 3 N–H and O–H groups in total. The van der Waals surface area contributed by atoms with Crippen molar-refractivity contribution in [3.05, 3.63) is 60.4 Å². The van der Waals surface area contributed by atoms with E-state index in [0.717, 1.165) is 80.9 Å². The predicted octanol–water partition coefficient (Wildman–Crippen LogP) is 6.46. The fourth-order valence-corrected chi connectivity index (χ4v) is 8.56. The molecule has 8 rings (SSSR count). The Labute approximate surface area is 241 Å². The lowest BCUT2D eigenvalue weighted by Crippen LogP contribution is -2.45. The first-order valence-electron chi connectivity index (χ1n) is 14.8. The molecule has 1 aliphatic heterocycles. The van der Waals surface area contributed by atoms with Gasteiger partial charge in [0, 0.05) is 39.4 Å². The predicted molar refractivity (Wildman–Crippen MR) is 169 cm³/mol. The quantitative estimate of drug-likeness (QED) is 0.168. The number of anilines is 2. The van der Waals surface area contributed by atoms with E-state index in [1.165, 1.54) is 7.11 Å². The summed E-state index contributed by atoms with van der Waals surface area (Å²) in [6.45, 7) is 7.33. The number of hydrogen-bond acceptors (Lipinski definition) is 7. The van der Waals surface area contributed by atoms with E-state index < -0.39 is 11.3 Å². The maximum atomic E-state index is 14.1. The highest BCUT2D eigenvalue weighted by Crippen LogP contribution is 2.55. The summed E-state index contributed by atoms with van der Waals surface area (Å²) in [6, 6.07) is 3.75.